The lowest BCUT2D eigenvalue weighted by molar-refractivity contribution is 0.0950. The topological polar surface area (TPSA) is 70.7 Å². The predicted octanol–water partition coefficient (Wildman–Crippen LogP) is 1.35. The van der Waals surface area contributed by atoms with Gasteiger partial charge in [0.2, 0.25) is 0 Å². The summed E-state index contributed by atoms with van der Waals surface area (Å²) in [5, 5.41) is 9.37. The zero-order valence-electron chi connectivity index (χ0n) is 9.82. The van der Waals surface area contributed by atoms with Crippen molar-refractivity contribution in [1.82, 2.24) is 20.5 Å². The van der Waals surface area contributed by atoms with Gasteiger partial charge in [-0.3, -0.25) is 14.9 Å². The van der Waals surface area contributed by atoms with Gasteiger partial charge in [-0.2, -0.15) is 5.10 Å². The first-order chi connectivity index (χ1) is 8.18. The van der Waals surface area contributed by atoms with E-state index < -0.39 is 0 Å². The van der Waals surface area contributed by atoms with Gasteiger partial charge in [0.1, 0.15) is 0 Å². The molecule has 0 aromatic carbocycles. The van der Waals surface area contributed by atoms with Gasteiger partial charge < -0.3 is 5.32 Å². The number of amides is 1. The van der Waals surface area contributed by atoms with E-state index in [2.05, 4.69) is 20.5 Å². The molecule has 5 heteroatoms. The Morgan fingerprint density at radius 1 is 1.47 bits per heavy atom. The molecule has 0 aliphatic rings. The van der Waals surface area contributed by atoms with Crippen LogP contribution < -0.4 is 5.32 Å². The van der Waals surface area contributed by atoms with Gasteiger partial charge in [-0.25, -0.2) is 0 Å². The van der Waals surface area contributed by atoms with Gasteiger partial charge in [-0.1, -0.05) is 6.07 Å². The van der Waals surface area contributed by atoms with Gasteiger partial charge in [0.25, 0.3) is 5.91 Å². The molecule has 5 nitrogen and oxygen atoms in total. The normalized spacial score (nSPS) is 10.2. The van der Waals surface area contributed by atoms with Gasteiger partial charge in [-0.15, -0.1) is 0 Å². The highest BCUT2D eigenvalue weighted by atomic mass is 16.1. The minimum absolute atomic E-state index is 0.138. The summed E-state index contributed by atoms with van der Waals surface area (Å²) in [6.45, 7) is 4.21. The summed E-state index contributed by atoms with van der Waals surface area (Å²) in [6.07, 6.45) is 3.24. The fraction of sp³-hybridized carbons (Fsp3) is 0.250. The van der Waals surface area contributed by atoms with Crippen molar-refractivity contribution in [1.29, 1.82) is 0 Å². The Bertz CT molecular complexity index is 533. The summed E-state index contributed by atoms with van der Waals surface area (Å²) in [7, 11) is 0. The monoisotopic (exact) mass is 230 g/mol. The van der Waals surface area contributed by atoms with Crippen LogP contribution in [0.4, 0.5) is 0 Å². The van der Waals surface area contributed by atoms with E-state index in [4.69, 9.17) is 0 Å². The summed E-state index contributed by atoms with van der Waals surface area (Å²) < 4.78 is 0. The highest BCUT2D eigenvalue weighted by Gasteiger charge is 2.10. The zero-order chi connectivity index (χ0) is 12.3. The third kappa shape index (κ3) is 2.50. The van der Waals surface area contributed by atoms with Crippen molar-refractivity contribution in [2.24, 2.45) is 0 Å². The number of rotatable bonds is 3. The lowest BCUT2D eigenvalue weighted by Crippen LogP contribution is -2.24. The molecule has 0 aliphatic carbocycles. The highest BCUT2D eigenvalue weighted by Crippen LogP contribution is 2.05. The summed E-state index contributed by atoms with van der Waals surface area (Å²) in [4.78, 5) is 16.0. The smallest absolute Gasteiger partial charge is 0.255 e. The molecule has 0 fully saturated rings. The molecule has 0 saturated heterocycles. The largest absolute Gasteiger partial charge is 0.346 e. The van der Waals surface area contributed by atoms with Gasteiger partial charge in [0.05, 0.1) is 24.0 Å². The molecule has 0 radical (unpaired) electrons. The van der Waals surface area contributed by atoms with E-state index in [-0.39, 0.29) is 5.91 Å². The predicted molar refractivity (Wildman–Crippen MR) is 63.5 cm³/mol. The second-order valence-corrected chi connectivity index (χ2v) is 3.86. The maximum atomic E-state index is 11.8. The number of nitrogens with one attached hydrogen (secondary N) is 2. The first-order valence-electron chi connectivity index (χ1n) is 5.37. The number of aromatic amines is 1. The van der Waals surface area contributed by atoms with Crippen LogP contribution in [-0.2, 0) is 6.54 Å². The van der Waals surface area contributed by atoms with Crippen molar-refractivity contribution in [3.63, 3.8) is 0 Å². The highest BCUT2D eigenvalue weighted by molar-refractivity contribution is 5.94. The summed E-state index contributed by atoms with van der Waals surface area (Å²) in [6, 6.07) is 3.85. The fourth-order valence-corrected chi connectivity index (χ4v) is 1.54. The number of aromatic nitrogens is 3. The summed E-state index contributed by atoms with van der Waals surface area (Å²) in [5.74, 6) is -0.138. The van der Waals surface area contributed by atoms with E-state index in [0.29, 0.717) is 12.1 Å². The Morgan fingerprint density at radius 3 is 2.94 bits per heavy atom. The van der Waals surface area contributed by atoms with E-state index in [9.17, 15) is 4.79 Å². The molecule has 0 saturated carbocycles. The van der Waals surface area contributed by atoms with Crippen LogP contribution in [0.2, 0.25) is 0 Å². The molecule has 0 bridgehead atoms. The van der Waals surface area contributed by atoms with Crippen LogP contribution >= 0.6 is 0 Å². The number of aryl methyl sites for hydroxylation is 2. The third-order valence-electron chi connectivity index (χ3n) is 2.61. The number of hydrogen-bond donors (Lipinski definition) is 2. The second kappa shape index (κ2) is 4.78. The molecule has 88 valence electrons. The summed E-state index contributed by atoms with van der Waals surface area (Å²) in [5.41, 5.74) is 3.28. The van der Waals surface area contributed by atoms with Crippen molar-refractivity contribution in [3.8, 4) is 0 Å². The molecule has 2 heterocycles. The molecule has 0 spiro atoms. The zero-order valence-corrected chi connectivity index (χ0v) is 9.82. The van der Waals surface area contributed by atoms with Gasteiger partial charge >= 0.3 is 0 Å². The van der Waals surface area contributed by atoms with Crippen LogP contribution in [0.5, 0.6) is 0 Å². The van der Waals surface area contributed by atoms with Crippen molar-refractivity contribution < 1.29 is 4.79 Å². The molecule has 0 aliphatic heterocycles. The SMILES string of the molecule is Cc1cccnc1CNC(=O)c1cn[nH]c1C. The van der Waals surface area contributed by atoms with E-state index in [1.807, 2.05) is 26.0 Å². The van der Waals surface area contributed by atoms with Crippen LogP contribution in [0.3, 0.4) is 0 Å². The second-order valence-electron chi connectivity index (χ2n) is 3.86. The third-order valence-corrected chi connectivity index (χ3v) is 2.61. The molecule has 2 N–H and O–H groups in total. The van der Waals surface area contributed by atoms with Crippen LogP contribution in [0.1, 0.15) is 27.3 Å². The van der Waals surface area contributed by atoms with Crippen molar-refractivity contribution in [3.05, 3.63) is 47.0 Å². The van der Waals surface area contributed by atoms with Gasteiger partial charge in [0, 0.05) is 11.9 Å². The number of nitrogens with zero attached hydrogens (tertiary/aromatic N) is 2. The quantitative estimate of drug-likeness (QED) is 0.836. The average Bonchev–Trinajstić information content (AvgIpc) is 2.74. The van der Waals surface area contributed by atoms with Crippen LogP contribution in [-0.4, -0.2) is 21.1 Å². The number of pyridine rings is 1. The van der Waals surface area contributed by atoms with Crippen molar-refractivity contribution >= 4 is 5.91 Å². The molecular formula is C12H14N4O. The molecule has 1 amide bonds. The van der Waals surface area contributed by atoms with Crippen LogP contribution in [0.25, 0.3) is 0 Å². The molecule has 2 aromatic rings. The van der Waals surface area contributed by atoms with E-state index in [1.165, 1.54) is 6.20 Å². The molecule has 0 unspecified atom stereocenters. The minimum atomic E-state index is -0.138. The molecular weight excluding hydrogens is 216 g/mol. The maximum Gasteiger partial charge on any atom is 0.255 e. The van der Waals surface area contributed by atoms with E-state index >= 15 is 0 Å². The molecule has 2 aromatic heterocycles. The number of carbonyl (C=O) groups is 1. The molecule has 17 heavy (non-hydrogen) atoms. The summed E-state index contributed by atoms with van der Waals surface area (Å²) >= 11 is 0. The lowest BCUT2D eigenvalue weighted by Gasteiger charge is -2.06. The number of hydrogen-bond acceptors (Lipinski definition) is 3. The van der Waals surface area contributed by atoms with E-state index in [1.54, 1.807) is 6.20 Å². The Balaban J connectivity index is 2.02. The fourth-order valence-electron chi connectivity index (χ4n) is 1.54. The standard InChI is InChI=1S/C12H14N4O/c1-8-4-3-5-13-11(8)7-14-12(17)10-6-15-16-9(10)2/h3-6H,7H2,1-2H3,(H,14,17)(H,15,16). The Labute approximate surface area is 99.3 Å². The van der Waals surface area contributed by atoms with Gasteiger partial charge in [-0.05, 0) is 25.5 Å². The Hall–Kier alpha value is -2.17. The molecule has 2 rings (SSSR count). The molecule has 0 atom stereocenters. The Kier molecular flexibility index (Phi) is 3.18. The lowest BCUT2D eigenvalue weighted by atomic mass is 10.2. The first-order valence-corrected chi connectivity index (χ1v) is 5.37. The van der Waals surface area contributed by atoms with E-state index in [0.717, 1.165) is 17.0 Å². The van der Waals surface area contributed by atoms with Crippen molar-refractivity contribution in [2.75, 3.05) is 0 Å². The van der Waals surface area contributed by atoms with Crippen LogP contribution in [0, 0.1) is 13.8 Å². The van der Waals surface area contributed by atoms with Crippen molar-refractivity contribution in [2.45, 2.75) is 20.4 Å². The van der Waals surface area contributed by atoms with Crippen LogP contribution in [0.15, 0.2) is 24.5 Å². The number of carbonyl (C=O) groups excluding carboxylic acids is 1. The Morgan fingerprint density at radius 2 is 2.29 bits per heavy atom. The first kappa shape index (κ1) is 11.3. The minimum Gasteiger partial charge on any atom is -0.346 e. The maximum absolute atomic E-state index is 11.8. The van der Waals surface area contributed by atoms with Gasteiger partial charge in [0.15, 0.2) is 0 Å². The number of H-pyrrole nitrogens is 1. The average molecular weight is 230 g/mol.